The minimum Gasteiger partial charge on any atom is -0.493 e. The number of carbonyl (C=O) groups excluding carboxylic acids is 2. The van der Waals surface area contributed by atoms with E-state index in [4.69, 9.17) is 19.6 Å². The predicted octanol–water partition coefficient (Wildman–Crippen LogP) is 3.32. The van der Waals surface area contributed by atoms with E-state index in [9.17, 15) is 9.59 Å². The Balaban J connectivity index is 1.50. The van der Waals surface area contributed by atoms with E-state index in [1.54, 1.807) is 36.7 Å². The number of benzene rings is 2. The summed E-state index contributed by atoms with van der Waals surface area (Å²) in [5.74, 6) is 0.611. The van der Waals surface area contributed by atoms with Gasteiger partial charge in [0.05, 0.1) is 7.11 Å². The molecule has 4 rings (SSSR count). The highest BCUT2D eigenvalue weighted by Gasteiger charge is 2.21. The molecule has 0 radical (unpaired) electrons. The highest BCUT2D eigenvalue weighted by Crippen LogP contribution is 2.31. The molecule has 2 aromatic carbocycles. The molecule has 10 heteroatoms. The van der Waals surface area contributed by atoms with Crippen molar-refractivity contribution in [3.05, 3.63) is 77.8 Å². The molecule has 0 aliphatic rings. The largest absolute Gasteiger partial charge is 0.493 e. The van der Waals surface area contributed by atoms with Crippen molar-refractivity contribution in [2.45, 2.75) is 17.5 Å². The molecule has 34 heavy (non-hydrogen) atoms. The number of methoxy groups -OCH3 is 1. The summed E-state index contributed by atoms with van der Waals surface area (Å²) >= 11 is 1.43. The number of amides is 2. The van der Waals surface area contributed by atoms with Gasteiger partial charge in [0.2, 0.25) is 0 Å². The van der Waals surface area contributed by atoms with Crippen LogP contribution >= 0.6 is 11.8 Å². The van der Waals surface area contributed by atoms with Crippen molar-refractivity contribution in [1.29, 1.82) is 0 Å². The van der Waals surface area contributed by atoms with Gasteiger partial charge < -0.3 is 24.9 Å². The number of ether oxygens (including phenoxy) is 2. The number of furan rings is 1. The SMILES string of the molecule is COc1cc(CNC(=O)c2oc3ccccc3c2CSc2ncccn2)ccc1OCC(N)=O. The first kappa shape index (κ1) is 23.1. The van der Waals surface area contributed by atoms with Gasteiger partial charge >= 0.3 is 0 Å². The number of hydrogen-bond donors (Lipinski definition) is 2. The fourth-order valence-corrected chi connectivity index (χ4v) is 4.11. The van der Waals surface area contributed by atoms with Crippen LogP contribution in [0, 0.1) is 0 Å². The number of carbonyl (C=O) groups is 2. The van der Waals surface area contributed by atoms with Crippen molar-refractivity contribution in [3.63, 3.8) is 0 Å². The van der Waals surface area contributed by atoms with Gasteiger partial charge in [-0.3, -0.25) is 9.59 Å². The van der Waals surface area contributed by atoms with Gasteiger partial charge in [0.25, 0.3) is 11.8 Å². The molecule has 0 saturated carbocycles. The summed E-state index contributed by atoms with van der Waals surface area (Å²) in [5.41, 5.74) is 7.31. The number of nitrogens with two attached hydrogens (primary N) is 1. The molecule has 2 heterocycles. The van der Waals surface area contributed by atoms with Crippen molar-refractivity contribution < 1.29 is 23.5 Å². The Morgan fingerprint density at radius 2 is 1.88 bits per heavy atom. The second kappa shape index (κ2) is 10.7. The molecule has 9 nitrogen and oxygen atoms in total. The van der Waals surface area contributed by atoms with Crippen molar-refractivity contribution in [2.75, 3.05) is 13.7 Å². The molecule has 0 bridgehead atoms. The Morgan fingerprint density at radius 3 is 2.65 bits per heavy atom. The topological polar surface area (TPSA) is 130 Å². The van der Waals surface area contributed by atoms with Crippen LogP contribution in [0.5, 0.6) is 11.5 Å². The monoisotopic (exact) mass is 478 g/mol. The van der Waals surface area contributed by atoms with E-state index in [2.05, 4.69) is 15.3 Å². The third-order valence-electron chi connectivity index (χ3n) is 4.84. The third kappa shape index (κ3) is 5.46. The van der Waals surface area contributed by atoms with Crippen LogP contribution in [0.15, 0.2) is 70.5 Å². The van der Waals surface area contributed by atoms with E-state index < -0.39 is 5.91 Å². The Bertz CT molecular complexity index is 1310. The van der Waals surface area contributed by atoms with Crippen molar-refractivity contribution in [3.8, 4) is 11.5 Å². The van der Waals surface area contributed by atoms with Crippen molar-refractivity contribution in [1.82, 2.24) is 15.3 Å². The van der Waals surface area contributed by atoms with Crippen LogP contribution in [0.2, 0.25) is 0 Å². The zero-order valence-electron chi connectivity index (χ0n) is 18.3. The molecule has 3 N–H and O–H groups in total. The summed E-state index contributed by atoms with van der Waals surface area (Å²) in [7, 11) is 1.49. The fourth-order valence-electron chi connectivity index (χ4n) is 3.27. The van der Waals surface area contributed by atoms with E-state index in [0.717, 1.165) is 16.5 Å². The van der Waals surface area contributed by atoms with Crippen molar-refractivity contribution in [2.24, 2.45) is 5.73 Å². The Hall–Kier alpha value is -4.05. The van der Waals surface area contributed by atoms with Crippen LogP contribution < -0.4 is 20.5 Å². The summed E-state index contributed by atoms with van der Waals surface area (Å²) in [6.45, 7) is -0.0238. The number of rotatable bonds is 10. The maximum absolute atomic E-state index is 13.1. The molecule has 0 unspecified atom stereocenters. The molecule has 0 fully saturated rings. The van der Waals surface area contributed by atoms with E-state index in [1.807, 2.05) is 24.3 Å². The minimum absolute atomic E-state index is 0.233. The van der Waals surface area contributed by atoms with Gasteiger partial charge in [-0.15, -0.1) is 0 Å². The Labute approximate surface area is 199 Å². The summed E-state index contributed by atoms with van der Waals surface area (Å²) < 4.78 is 16.6. The Kier molecular flexibility index (Phi) is 7.28. The van der Waals surface area contributed by atoms with Crippen LogP contribution in [-0.4, -0.2) is 35.5 Å². The second-order valence-electron chi connectivity index (χ2n) is 7.15. The molecule has 0 aliphatic heterocycles. The molecule has 2 aromatic heterocycles. The average molecular weight is 479 g/mol. The third-order valence-corrected chi connectivity index (χ3v) is 5.75. The average Bonchev–Trinajstić information content (AvgIpc) is 3.24. The lowest BCUT2D eigenvalue weighted by Gasteiger charge is -2.12. The summed E-state index contributed by atoms with van der Waals surface area (Å²) in [6.07, 6.45) is 3.35. The standard InChI is InChI=1S/C24H22N4O5S/c1-31-20-11-15(7-8-19(20)32-13-21(25)29)12-28-23(30)22-17(14-34-24-26-9-4-10-27-24)16-5-2-3-6-18(16)33-22/h2-11H,12-14H2,1H3,(H2,25,29)(H,28,30). The first-order valence-corrected chi connectivity index (χ1v) is 11.3. The molecular weight excluding hydrogens is 456 g/mol. The molecule has 0 atom stereocenters. The van der Waals surface area contributed by atoms with Gasteiger partial charge in [-0.2, -0.15) is 0 Å². The van der Waals surface area contributed by atoms with Crippen LogP contribution in [0.25, 0.3) is 11.0 Å². The molecule has 174 valence electrons. The van der Waals surface area contributed by atoms with Gasteiger partial charge in [0.15, 0.2) is 29.0 Å². The molecular formula is C24H22N4O5S. The quantitative estimate of drug-likeness (QED) is 0.262. The maximum atomic E-state index is 13.1. The molecule has 0 aliphatic carbocycles. The van der Waals surface area contributed by atoms with Crippen LogP contribution in [0.1, 0.15) is 21.7 Å². The zero-order chi connectivity index (χ0) is 23.9. The number of thioether (sulfide) groups is 1. The minimum atomic E-state index is -0.586. The van der Waals surface area contributed by atoms with E-state index in [1.165, 1.54) is 18.9 Å². The number of nitrogens with one attached hydrogen (secondary N) is 1. The molecule has 0 saturated heterocycles. The first-order valence-electron chi connectivity index (χ1n) is 10.3. The van der Waals surface area contributed by atoms with Crippen LogP contribution in [0.4, 0.5) is 0 Å². The predicted molar refractivity (Wildman–Crippen MR) is 127 cm³/mol. The van der Waals surface area contributed by atoms with Gasteiger partial charge in [-0.1, -0.05) is 36.0 Å². The van der Waals surface area contributed by atoms with E-state index >= 15 is 0 Å². The second-order valence-corrected chi connectivity index (χ2v) is 8.09. The number of para-hydroxylation sites is 1. The lowest BCUT2D eigenvalue weighted by molar-refractivity contribution is -0.119. The first-order chi connectivity index (χ1) is 16.5. The van der Waals surface area contributed by atoms with E-state index in [0.29, 0.717) is 28.0 Å². The smallest absolute Gasteiger partial charge is 0.287 e. The van der Waals surface area contributed by atoms with Crippen LogP contribution in [-0.2, 0) is 17.1 Å². The highest BCUT2D eigenvalue weighted by molar-refractivity contribution is 7.98. The lowest BCUT2D eigenvalue weighted by atomic mass is 10.1. The van der Waals surface area contributed by atoms with Gasteiger partial charge in [-0.25, -0.2) is 9.97 Å². The number of aromatic nitrogens is 2. The van der Waals surface area contributed by atoms with Gasteiger partial charge in [0, 0.05) is 35.6 Å². The summed E-state index contributed by atoms with van der Waals surface area (Å²) in [6, 6.07) is 14.4. The summed E-state index contributed by atoms with van der Waals surface area (Å²) in [4.78, 5) is 32.5. The lowest BCUT2D eigenvalue weighted by Crippen LogP contribution is -2.23. The van der Waals surface area contributed by atoms with Crippen LogP contribution in [0.3, 0.4) is 0 Å². The molecule has 2 amide bonds. The number of hydrogen-bond acceptors (Lipinski definition) is 8. The van der Waals surface area contributed by atoms with Gasteiger partial charge in [0.1, 0.15) is 5.58 Å². The maximum Gasteiger partial charge on any atom is 0.287 e. The molecule has 0 spiro atoms. The normalized spacial score (nSPS) is 10.7. The van der Waals surface area contributed by atoms with Gasteiger partial charge in [-0.05, 0) is 29.8 Å². The summed E-state index contributed by atoms with van der Waals surface area (Å²) in [5, 5.41) is 4.38. The Morgan fingerprint density at radius 1 is 1.09 bits per heavy atom. The van der Waals surface area contributed by atoms with Crippen molar-refractivity contribution >= 4 is 34.5 Å². The van der Waals surface area contributed by atoms with E-state index in [-0.39, 0.29) is 24.8 Å². The number of nitrogens with zero attached hydrogens (tertiary/aromatic N) is 2. The molecule has 4 aromatic rings. The highest BCUT2D eigenvalue weighted by atomic mass is 32.2. The fraction of sp³-hybridized carbons (Fsp3) is 0.167. The zero-order valence-corrected chi connectivity index (χ0v) is 19.1. The number of fused-ring (bicyclic) bond motifs is 1. The number of primary amides is 1.